The highest BCUT2D eigenvalue weighted by molar-refractivity contribution is 5.94. The largest absolute Gasteiger partial charge is 0.490 e. The number of nitrogens with one attached hydrogen (secondary N) is 1. The number of amides is 1. The molecule has 0 spiro atoms. The third-order valence-corrected chi connectivity index (χ3v) is 4.35. The molecule has 1 aromatic heterocycles. The van der Waals surface area contributed by atoms with Crippen molar-refractivity contribution < 1.29 is 14.3 Å². The molecule has 0 saturated heterocycles. The molecule has 156 valence electrons. The number of hydrogen-bond donors (Lipinski definition) is 1. The molecule has 0 aliphatic carbocycles. The third kappa shape index (κ3) is 5.26. The average molecular weight is 407 g/mol. The van der Waals surface area contributed by atoms with Crippen LogP contribution in [-0.4, -0.2) is 35.4 Å². The van der Waals surface area contributed by atoms with Crippen molar-refractivity contribution >= 4 is 5.91 Å². The highest BCUT2D eigenvalue weighted by Crippen LogP contribution is 2.28. The molecule has 0 radical (unpaired) electrons. The Morgan fingerprint density at radius 1 is 0.967 bits per heavy atom. The SMILES string of the molecule is CCOc1ccc(C(=O)NCCn2nc(-c3ccccc3)ccc2=O)cc1OCC. The van der Waals surface area contributed by atoms with Crippen LogP contribution >= 0.6 is 0 Å². The second-order valence-corrected chi connectivity index (χ2v) is 6.43. The van der Waals surface area contributed by atoms with E-state index in [2.05, 4.69) is 10.4 Å². The first kappa shape index (κ1) is 21.1. The van der Waals surface area contributed by atoms with Crippen molar-refractivity contribution in [2.45, 2.75) is 20.4 Å². The van der Waals surface area contributed by atoms with E-state index in [1.54, 1.807) is 24.3 Å². The second-order valence-electron chi connectivity index (χ2n) is 6.43. The molecule has 3 aromatic rings. The van der Waals surface area contributed by atoms with E-state index >= 15 is 0 Å². The van der Waals surface area contributed by atoms with Gasteiger partial charge in [-0.15, -0.1) is 0 Å². The van der Waals surface area contributed by atoms with Crippen molar-refractivity contribution in [3.63, 3.8) is 0 Å². The lowest BCUT2D eigenvalue weighted by Gasteiger charge is -2.13. The summed E-state index contributed by atoms with van der Waals surface area (Å²) in [6.45, 7) is 5.27. The predicted octanol–water partition coefficient (Wildman–Crippen LogP) is 3.14. The summed E-state index contributed by atoms with van der Waals surface area (Å²) in [5.74, 6) is 0.871. The zero-order valence-corrected chi connectivity index (χ0v) is 17.1. The molecule has 0 saturated carbocycles. The maximum absolute atomic E-state index is 12.5. The van der Waals surface area contributed by atoms with E-state index in [0.717, 1.165) is 5.56 Å². The van der Waals surface area contributed by atoms with Gasteiger partial charge < -0.3 is 14.8 Å². The van der Waals surface area contributed by atoms with Gasteiger partial charge in [-0.1, -0.05) is 30.3 Å². The van der Waals surface area contributed by atoms with E-state index in [-0.39, 0.29) is 24.6 Å². The summed E-state index contributed by atoms with van der Waals surface area (Å²) in [6.07, 6.45) is 0. The van der Waals surface area contributed by atoms with Gasteiger partial charge in [0.1, 0.15) is 0 Å². The van der Waals surface area contributed by atoms with Crippen molar-refractivity contribution in [1.29, 1.82) is 0 Å². The van der Waals surface area contributed by atoms with E-state index in [1.807, 2.05) is 44.2 Å². The topological polar surface area (TPSA) is 82.5 Å². The fourth-order valence-electron chi connectivity index (χ4n) is 2.94. The lowest BCUT2D eigenvalue weighted by atomic mass is 10.1. The van der Waals surface area contributed by atoms with Crippen LogP contribution in [0.4, 0.5) is 0 Å². The minimum atomic E-state index is -0.258. The summed E-state index contributed by atoms with van der Waals surface area (Å²) >= 11 is 0. The molecular weight excluding hydrogens is 382 g/mol. The molecule has 0 aliphatic rings. The first-order chi connectivity index (χ1) is 14.6. The zero-order valence-electron chi connectivity index (χ0n) is 17.1. The normalized spacial score (nSPS) is 10.5. The molecule has 0 aliphatic heterocycles. The van der Waals surface area contributed by atoms with Crippen molar-refractivity contribution in [2.75, 3.05) is 19.8 Å². The highest BCUT2D eigenvalue weighted by atomic mass is 16.5. The maximum atomic E-state index is 12.5. The number of nitrogens with zero attached hydrogens (tertiary/aromatic N) is 2. The number of aromatic nitrogens is 2. The molecule has 2 aromatic carbocycles. The molecule has 0 unspecified atom stereocenters. The van der Waals surface area contributed by atoms with Crippen molar-refractivity contribution in [3.8, 4) is 22.8 Å². The molecule has 0 bridgehead atoms. The Kier molecular flexibility index (Phi) is 7.21. The van der Waals surface area contributed by atoms with Gasteiger partial charge in [-0.25, -0.2) is 4.68 Å². The number of hydrogen-bond acceptors (Lipinski definition) is 5. The van der Waals surface area contributed by atoms with Gasteiger partial charge >= 0.3 is 0 Å². The Labute approximate surface area is 175 Å². The van der Waals surface area contributed by atoms with Gasteiger partial charge in [0.2, 0.25) is 0 Å². The quantitative estimate of drug-likeness (QED) is 0.589. The fourth-order valence-corrected chi connectivity index (χ4v) is 2.94. The molecule has 30 heavy (non-hydrogen) atoms. The first-order valence-electron chi connectivity index (χ1n) is 9.93. The van der Waals surface area contributed by atoms with Crippen molar-refractivity contribution in [3.05, 3.63) is 76.6 Å². The van der Waals surface area contributed by atoms with Gasteiger partial charge in [-0.05, 0) is 38.1 Å². The van der Waals surface area contributed by atoms with E-state index in [1.165, 1.54) is 10.7 Å². The minimum Gasteiger partial charge on any atom is -0.490 e. The summed E-state index contributed by atoms with van der Waals surface area (Å²) in [5, 5.41) is 7.22. The minimum absolute atomic E-state index is 0.219. The third-order valence-electron chi connectivity index (χ3n) is 4.35. The first-order valence-corrected chi connectivity index (χ1v) is 9.93. The van der Waals surface area contributed by atoms with Crippen LogP contribution in [0.3, 0.4) is 0 Å². The average Bonchev–Trinajstić information content (AvgIpc) is 2.77. The lowest BCUT2D eigenvalue weighted by molar-refractivity contribution is 0.0951. The number of benzene rings is 2. The molecule has 7 nitrogen and oxygen atoms in total. The van der Waals surface area contributed by atoms with E-state index in [4.69, 9.17) is 9.47 Å². The van der Waals surface area contributed by atoms with Crippen LogP contribution in [0.2, 0.25) is 0 Å². The fraction of sp³-hybridized carbons (Fsp3) is 0.261. The van der Waals surface area contributed by atoms with Gasteiger partial charge in [-0.2, -0.15) is 5.10 Å². The molecular formula is C23H25N3O4. The molecule has 0 fully saturated rings. The van der Waals surface area contributed by atoms with Gasteiger partial charge in [0.05, 0.1) is 25.5 Å². The Morgan fingerprint density at radius 2 is 1.70 bits per heavy atom. The Bertz CT molecular complexity index is 1050. The van der Waals surface area contributed by atoms with Crippen LogP contribution in [0.25, 0.3) is 11.3 Å². The molecule has 0 atom stereocenters. The van der Waals surface area contributed by atoms with E-state index in [9.17, 15) is 9.59 Å². The van der Waals surface area contributed by atoms with E-state index in [0.29, 0.717) is 36.0 Å². The summed E-state index contributed by atoms with van der Waals surface area (Å²) in [5.41, 5.74) is 1.87. The zero-order chi connectivity index (χ0) is 21.3. The Balaban J connectivity index is 1.66. The number of carbonyl (C=O) groups is 1. The van der Waals surface area contributed by atoms with E-state index < -0.39 is 0 Å². The predicted molar refractivity (Wildman–Crippen MR) is 115 cm³/mol. The molecule has 1 heterocycles. The summed E-state index contributed by atoms with van der Waals surface area (Å²) < 4.78 is 12.4. The maximum Gasteiger partial charge on any atom is 0.266 e. The van der Waals surface area contributed by atoms with Gasteiger partial charge in [-0.3, -0.25) is 9.59 Å². The van der Waals surface area contributed by atoms with Gasteiger partial charge in [0.25, 0.3) is 11.5 Å². The monoisotopic (exact) mass is 407 g/mol. The standard InChI is InChI=1S/C23H25N3O4/c1-3-29-20-12-10-18(16-21(20)30-4-2)23(28)24-14-15-26-22(27)13-11-19(25-26)17-8-6-5-7-9-17/h5-13,16H,3-4,14-15H2,1-2H3,(H,24,28). The smallest absolute Gasteiger partial charge is 0.266 e. The lowest BCUT2D eigenvalue weighted by Crippen LogP contribution is -2.32. The molecule has 1 N–H and O–H groups in total. The van der Waals surface area contributed by atoms with Crippen LogP contribution in [0.15, 0.2) is 65.5 Å². The second kappa shape index (κ2) is 10.2. The van der Waals surface area contributed by atoms with Gasteiger partial charge in [0.15, 0.2) is 11.5 Å². The van der Waals surface area contributed by atoms with Crippen molar-refractivity contribution in [1.82, 2.24) is 15.1 Å². The molecule has 1 amide bonds. The molecule has 3 rings (SSSR count). The number of carbonyl (C=O) groups excluding carboxylic acids is 1. The Hall–Kier alpha value is -3.61. The summed E-state index contributed by atoms with van der Waals surface area (Å²) in [6, 6.07) is 17.9. The Morgan fingerprint density at radius 3 is 2.43 bits per heavy atom. The number of rotatable bonds is 9. The number of ether oxygens (including phenoxy) is 2. The molecule has 7 heteroatoms. The van der Waals surface area contributed by atoms with Crippen LogP contribution in [0, 0.1) is 0 Å². The van der Waals surface area contributed by atoms with Crippen LogP contribution in [-0.2, 0) is 6.54 Å². The summed E-state index contributed by atoms with van der Waals surface area (Å²) in [7, 11) is 0. The van der Waals surface area contributed by atoms with Gasteiger partial charge in [0, 0.05) is 23.7 Å². The van der Waals surface area contributed by atoms with Crippen molar-refractivity contribution in [2.24, 2.45) is 0 Å². The van der Waals surface area contributed by atoms with Crippen LogP contribution < -0.4 is 20.3 Å². The van der Waals surface area contributed by atoms with Crippen LogP contribution in [0.5, 0.6) is 11.5 Å². The van der Waals surface area contributed by atoms with Crippen LogP contribution in [0.1, 0.15) is 24.2 Å². The summed E-state index contributed by atoms with van der Waals surface area (Å²) in [4.78, 5) is 24.6. The highest BCUT2D eigenvalue weighted by Gasteiger charge is 2.12.